The van der Waals surface area contributed by atoms with Crippen LogP contribution >= 0.6 is 0 Å². The zero-order chi connectivity index (χ0) is 19.0. The molecule has 7 nitrogen and oxygen atoms in total. The minimum Gasteiger partial charge on any atom is -0.486 e. The second kappa shape index (κ2) is 7.38. The van der Waals surface area contributed by atoms with E-state index in [1.165, 1.54) is 0 Å². The highest BCUT2D eigenvalue weighted by Gasteiger charge is 2.42. The predicted molar refractivity (Wildman–Crippen MR) is 101 cm³/mol. The van der Waals surface area contributed by atoms with E-state index in [2.05, 4.69) is 0 Å². The van der Waals surface area contributed by atoms with Gasteiger partial charge < -0.3 is 25.0 Å². The van der Waals surface area contributed by atoms with E-state index >= 15 is 0 Å². The maximum absolute atomic E-state index is 13.1. The molecule has 2 fully saturated rings. The Morgan fingerprint density at radius 2 is 1.93 bits per heavy atom. The van der Waals surface area contributed by atoms with E-state index in [9.17, 15) is 9.59 Å². The molecule has 3 atom stereocenters. The largest absolute Gasteiger partial charge is 0.486 e. The summed E-state index contributed by atoms with van der Waals surface area (Å²) in [5.41, 5.74) is 6.85. The molecule has 0 spiro atoms. The van der Waals surface area contributed by atoms with E-state index < -0.39 is 5.92 Å². The number of likely N-dealkylation sites (tertiary alicyclic amines) is 1. The molecule has 0 aromatic heterocycles. The van der Waals surface area contributed by atoms with E-state index in [1.807, 2.05) is 30.0 Å². The number of hydrogen-bond donors (Lipinski definition) is 1. The third-order valence-corrected chi connectivity index (χ3v) is 5.78. The van der Waals surface area contributed by atoms with Gasteiger partial charge in [0.05, 0.1) is 0 Å². The molecule has 146 valence electrons. The summed E-state index contributed by atoms with van der Waals surface area (Å²) in [4.78, 5) is 29.7. The number of nitrogens with two attached hydrogens (primary N) is 1. The van der Waals surface area contributed by atoms with Crippen molar-refractivity contribution >= 4 is 17.5 Å². The number of carbonyl (C=O) groups is 2. The van der Waals surface area contributed by atoms with E-state index in [0.717, 1.165) is 24.9 Å². The molecule has 2 saturated heterocycles. The molecule has 0 radical (unpaired) electrons. The fourth-order valence-corrected chi connectivity index (χ4v) is 4.34. The van der Waals surface area contributed by atoms with Crippen molar-refractivity contribution in [2.24, 2.45) is 11.7 Å². The van der Waals surface area contributed by atoms with Gasteiger partial charge in [0.1, 0.15) is 19.1 Å². The summed E-state index contributed by atoms with van der Waals surface area (Å²) in [6.07, 6.45) is 3.50. The fourth-order valence-electron chi connectivity index (χ4n) is 4.34. The van der Waals surface area contributed by atoms with Crippen LogP contribution in [-0.2, 0) is 9.59 Å². The second-order valence-corrected chi connectivity index (χ2v) is 7.61. The average Bonchev–Trinajstić information content (AvgIpc) is 3.08. The topological polar surface area (TPSA) is 85.1 Å². The van der Waals surface area contributed by atoms with Gasteiger partial charge in [0.25, 0.3) is 0 Å². The molecule has 3 unspecified atom stereocenters. The SMILES string of the molecule is CC(N)C1CCCCN1C(=O)C1CCN(c2ccc3c(c2)OCCO3)C1=O. The molecule has 3 aliphatic rings. The molecule has 1 aromatic rings. The van der Waals surface area contributed by atoms with Crippen LogP contribution in [0, 0.1) is 5.92 Å². The molecule has 2 amide bonds. The van der Waals surface area contributed by atoms with E-state index in [1.54, 1.807) is 4.90 Å². The summed E-state index contributed by atoms with van der Waals surface area (Å²) in [7, 11) is 0. The van der Waals surface area contributed by atoms with Crippen LogP contribution in [0.1, 0.15) is 32.6 Å². The summed E-state index contributed by atoms with van der Waals surface area (Å²) in [6.45, 7) is 4.19. The number of hydrogen-bond acceptors (Lipinski definition) is 5. The summed E-state index contributed by atoms with van der Waals surface area (Å²) in [5, 5.41) is 0. The molecule has 0 aliphatic carbocycles. The molecular formula is C20H27N3O4. The van der Waals surface area contributed by atoms with Crippen molar-refractivity contribution in [3.63, 3.8) is 0 Å². The number of anilines is 1. The standard InChI is InChI=1S/C20H27N3O4/c1-13(21)16-4-2-3-8-23(16)20(25)15-7-9-22(19(15)24)14-5-6-17-18(12-14)27-11-10-26-17/h5-6,12-13,15-16H,2-4,7-11,21H2,1H3. The van der Waals surface area contributed by atoms with Crippen LogP contribution in [-0.4, -0.2) is 55.1 Å². The highest BCUT2D eigenvalue weighted by molar-refractivity contribution is 6.09. The molecule has 27 heavy (non-hydrogen) atoms. The monoisotopic (exact) mass is 373 g/mol. The Hall–Kier alpha value is -2.28. The minimum absolute atomic E-state index is 0.0300. The van der Waals surface area contributed by atoms with Gasteiger partial charge in [-0.3, -0.25) is 9.59 Å². The van der Waals surface area contributed by atoms with Crippen LogP contribution < -0.4 is 20.1 Å². The van der Waals surface area contributed by atoms with Gasteiger partial charge >= 0.3 is 0 Å². The van der Waals surface area contributed by atoms with Crippen molar-refractivity contribution in [3.05, 3.63) is 18.2 Å². The van der Waals surface area contributed by atoms with Gasteiger partial charge in [0, 0.05) is 36.9 Å². The zero-order valence-electron chi connectivity index (χ0n) is 15.7. The van der Waals surface area contributed by atoms with Crippen LogP contribution in [0.25, 0.3) is 0 Å². The lowest BCUT2D eigenvalue weighted by Crippen LogP contribution is -2.54. The number of ether oxygens (including phenoxy) is 2. The van der Waals surface area contributed by atoms with Crippen molar-refractivity contribution in [2.75, 3.05) is 31.2 Å². The number of nitrogens with zero attached hydrogens (tertiary/aromatic N) is 2. The third kappa shape index (κ3) is 3.36. The second-order valence-electron chi connectivity index (χ2n) is 7.61. The van der Waals surface area contributed by atoms with Gasteiger partial charge in [-0.05, 0) is 44.7 Å². The Labute approximate surface area is 159 Å². The van der Waals surface area contributed by atoms with Crippen molar-refractivity contribution in [3.8, 4) is 11.5 Å². The van der Waals surface area contributed by atoms with Crippen LogP contribution in [0.5, 0.6) is 11.5 Å². The Morgan fingerprint density at radius 1 is 1.15 bits per heavy atom. The first kappa shape index (κ1) is 18.1. The maximum Gasteiger partial charge on any atom is 0.239 e. The lowest BCUT2D eigenvalue weighted by atomic mass is 9.94. The Kier molecular flexibility index (Phi) is 4.95. The maximum atomic E-state index is 13.1. The summed E-state index contributed by atoms with van der Waals surface area (Å²) in [5.74, 6) is 0.525. The van der Waals surface area contributed by atoms with Crippen LogP contribution in [0.4, 0.5) is 5.69 Å². The first-order valence-electron chi connectivity index (χ1n) is 9.83. The molecule has 0 saturated carbocycles. The first-order chi connectivity index (χ1) is 13.1. The van der Waals surface area contributed by atoms with Gasteiger partial charge in [-0.2, -0.15) is 0 Å². The molecule has 7 heteroatoms. The van der Waals surface area contributed by atoms with Gasteiger partial charge in [-0.15, -0.1) is 0 Å². The van der Waals surface area contributed by atoms with E-state index in [-0.39, 0.29) is 23.9 Å². The summed E-state index contributed by atoms with van der Waals surface area (Å²) >= 11 is 0. The smallest absolute Gasteiger partial charge is 0.239 e. The number of fused-ring (bicyclic) bond motifs is 1. The number of rotatable bonds is 3. The lowest BCUT2D eigenvalue weighted by Gasteiger charge is -2.39. The van der Waals surface area contributed by atoms with Crippen LogP contribution in [0.2, 0.25) is 0 Å². The van der Waals surface area contributed by atoms with Gasteiger partial charge in [0.2, 0.25) is 11.8 Å². The third-order valence-electron chi connectivity index (χ3n) is 5.78. The number of amides is 2. The molecule has 2 N–H and O–H groups in total. The number of piperidine rings is 1. The minimum atomic E-state index is -0.613. The summed E-state index contributed by atoms with van der Waals surface area (Å²) < 4.78 is 11.2. The highest BCUT2D eigenvalue weighted by Crippen LogP contribution is 2.36. The molecule has 1 aromatic carbocycles. The van der Waals surface area contributed by atoms with Gasteiger partial charge in [-0.1, -0.05) is 0 Å². The highest BCUT2D eigenvalue weighted by atomic mass is 16.6. The Morgan fingerprint density at radius 3 is 2.70 bits per heavy atom. The van der Waals surface area contributed by atoms with Crippen molar-refractivity contribution < 1.29 is 19.1 Å². The predicted octanol–water partition coefficient (Wildman–Crippen LogP) is 1.54. The first-order valence-corrected chi connectivity index (χ1v) is 9.83. The lowest BCUT2D eigenvalue weighted by molar-refractivity contribution is -0.143. The van der Waals surface area contributed by atoms with Crippen LogP contribution in [0.15, 0.2) is 18.2 Å². The van der Waals surface area contributed by atoms with Gasteiger partial charge in [0.15, 0.2) is 11.5 Å². The van der Waals surface area contributed by atoms with Crippen molar-refractivity contribution in [1.82, 2.24) is 4.90 Å². The molecule has 4 rings (SSSR count). The molecule has 0 bridgehead atoms. The van der Waals surface area contributed by atoms with Crippen LogP contribution in [0.3, 0.4) is 0 Å². The molecule has 3 aliphatic heterocycles. The van der Waals surface area contributed by atoms with E-state index in [0.29, 0.717) is 44.2 Å². The number of benzene rings is 1. The quantitative estimate of drug-likeness (QED) is 0.813. The number of carbonyl (C=O) groups excluding carboxylic acids is 2. The molecule has 3 heterocycles. The average molecular weight is 373 g/mol. The summed E-state index contributed by atoms with van der Waals surface area (Å²) in [6, 6.07) is 5.44. The van der Waals surface area contributed by atoms with Crippen molar-refractivity contribution in [2.45, 2.75) is 44.7 Å². The Balaban J connectivity index is 1.50. The fraction of sp³-hybridized carbons (Fsp3) is 0.600. The Bertz CT molecular complexity index is 736. The molecular weight excluding hydrogens is 346 g/mol. The van der Waals surface area contributed by atoms with E-state index in [4.69, 9.17) is 15.2 Å². The normalized spacial score (nSPS) is 26.2. The van der Waals surface area contributed by atoms with Gasteiger partial charge in [-0.25, -0.2) is 0 Å². The van der Waals surface area contributed by atoms with Crippen molar-refractivity contribution in [1.29, 1.82) is 0 Å². The zero-order valence-corrected chi connectivity index (χ0v) is 15.7.